The second-order valence-electron chi connectivity index (χ2n) is 3.45. The molecule has 0 unspecified atom stereocenters. The van der Waals surface area contributed by atoms with Crippen LogP contribution in [-0.4, -0.2) is 19.9 Å². The van der Waals surface area contributed by atoms with Crippen LogP contribution >= 0.6 is 0 Å². The molecule has 0 aromatic heterocycles. The van der Waals surface area contributed by atoms with Gasteiger partial charge in [0, 0.05) is 0 Å². The van der Waals surface area contributed by atoms with E-state index in [-0.39, 0.29) is 11.5 Å². The van der Waals surface area contributed by atoms with Crippen molar-refractivity contribution in [2.45, 2.75) is 32.6 Å². The van der Waals surface area contributed by atoms with Crippen LogP contribution in [0.4, 0.5) is 0 Å². The van der Waals surface area contributed by atoms with Gasteiger partial charge in [-0.1, -0.05) is 11.2 Å². The zero-order chi connectivity index (χ0) is 12.0. The number of allylic oxidation sites excluding steroid dienone is 2. The summed E-state index contributed by atoms with van der Waals surface area (Å²) >= 11 is 0. The van der Waals surface area contributed by atoms with Crippen molar-refractivity contribution in [3.05, 3.63) is 11.6 Å². The highest BCUT2D eigenvalue weighted by Gasteiger charge is 2.13. The topological polar surface area (TPSA) is 79.5 Å². The summed E-state index contributed by atoms with van der Waals surface area (Å²) < 4.78 is 26.5. The molecule has 0 aliphatic heterocycles. The van der Waals surface area contributed by atoms with E-state index in [1.165, 1.54) is 6.92 Å². The summed E-state index contributed by atoms with van der Waals surface area (Å²) in [6, 6.07) is 1.86. The fourth-order valence-corrected chi connectivity index (χ4v) is 1.64. The van der Waals surface area contributed by atoms with Crippen molar-refractivity contribution in [3.63, 3.8) is 0 Å². The molecule has 0 atom stereocenters. The minimum absolute atomic E-state index is 0.0664. The number of hydrogen-bond donors (Lipinski definition) is 0. The Bertz CT molecular complexity index is 443. The number of nitrogens with zero attached hydrogens (tertiary/aromatic N) is 2. The predicted molar refractivity (Wildman–Crippen MR) is 60.1 cm³/mol. The molecule has 0 amide bonds. The van der Waals surface area contributed by atoms with Gasteiger partial charge in [0.05, 0.1) is 5.75 Å². The molecular formula is C10H14N2O3S. The Morgan fingerprint density at radius 1 is 1.62 bits per heavy atom. The lowest BCUT2D eigenvalue weighted by atomic mass is 9.97. The van der Waals surface area contributed by atoms with Crippen molar-refractivity contribution in [1.82, 2.24) is 0 Å². The van der Waals surface area contributed by atoms with Gasteiger partial charge in [0.2, 0.25) is 0 Å². The highest BCUT2D eigenvalue weighted by Crippen LogP contribution is 2.18. The van der Waals surface area contributed by atoms with Gasteiger partial charge >= 0.3 is 10.1 Å². The summed E-state index contributed by atoms with van der Waals surface area (Å²) in [5, 5.41) is 12.3. The van der Waals surface area contributed by atoms with Crippen molar-refractivity contribution in [2.75, 3.05) is 5.75 Å². The molecular weight excluding hydrogens is 228 g/mol. The molecule has 0 radical (unpaired) electrons. The van der Waals surface area contributed by atoms with E-state index < -0.39 is 10.1 Å². The Hall–Kier alpha value is -1.35. The molecule has 1 aliphatic carbocycles. The van der Waals surface area contributed by atoms with Gasteiger partial charge < -0.3 is 0 Å². The third-order valence-electron chi connectivity index (χ3n) is 2.30. The van der Waals surface area contributed by atoms with Crippen LogP contribution in [0.25, 0.3) is 0 Å². The summed E-state index contributed by atoms with van der Waals surface area (Å²) in [5.41, 5.74) is 0.844. The van der Waals surface area contributed by atoms with Crippen LogP contribution in [-0.2, 0) is 14.4 Å². The molecule has 1 rings (SSSR count). The Kier molecular flexibility index (Phi) is 4.50. The quantitative estimate of drug-likeness (QED) is 0.555. The highest BCUT2D eigenvalue weighted by atomic mass is 32.2. The summed E-state index contributed by atoms with van der Waals surface area (Å²) in [6.45, 7) is 1.46. The first-order valence-electron chi connectivity index (χ1n) is 5.18. The molecule has 0 aromatic rings. The number of nitriles is 1. The van der Waals surface area contributed by atoms with Crippen LogP contribution in [0.1, 0.15) is 32.6 Å². The van der Waals surface area contributed by atoms with Crippen molar-refractivity contribution >= 4 is 15.8 Å². The fraction of sp³-hybridized carbons (Fsp3) is 0.600. The minimum atomic E-state index is -3.63. The van der Waals surface area contributed by atoms with Gasteiger partial charge in [0.1, 0.15) is 6.07 Å². The lowest BCUT2D eigenvalue weighted by Gasteiger charge is -2.09. The van der Waals surface area contributed by atoms with Crippen molar-refractivity contribution < 1.29 is 12.7 Å². The van der Waals surface area contributed by atoms with Crippen LogP contribution in [0, 0.1) is 11.3 Å². The maximum absolute atomic E-state index is 11.0. The zero-order valence-electron chi connectivity index (χ0n) is 9.14. The zero-order valence-corrected chi connectivity index (χ0v) is 9.96. The van der Waals surface area contributed by atoms with Gasteiger partial charge in [-0.25, -0.2) is 0 Å². The van der Waals surface area contributed by atoms with E-state index in [2.05, 4.69) is 9.44 Å². The van der Waals surface area contributed by atoms with E-state index in [4.69, 9.17) is 5.26 Å². The monoisotopic (exact) mass is 242 g/mol. The van der Waals surface area contributed by atoms with E-state index >= 15 is 0 Å². The van der Waals surface area contributed by atoms with Gasteiger partial charge in [-0.15, -0.1) is 0 Å². The Balaban J connectivity index is 2.79. The van der Waals surface area contributed by atoms with Crippen molar-refractivity contribution in [2.24, 2.45) is 5.16 Å². The van der Waals surface area contributed by atoms with Gasteiger partial charge in [-0.3, -0.25) is 4.28 Å². The summed E-state index contributed by atoms with van der Waals surface area (Å²) in [7, 11) is -3.63. The first kappa shape index (κ1) is 12.7. The van der Waals surface area contributed by atoms with Crippen LogP contribution in [0.3, 0.4) is 0 Å². The summed E-state index contributed by atoms with van der Waals surface area (Å²) in [6.07, 6.45) is 5.65. The average molecular weight is 242 g/mol. The molecule has 0 saturated carbocycles. The lowest BCUT2D eigenvalue weighted by molar-refractivity contribution is 0.340. The van der Waals surface area contributed by atoms with E-state index in [1.807, 2.05) is 12.1 Å². The Labute approximate surface area is 95.5 Å². The van der Waals surface area contributed by atoms with E-state index in [1.54, 1.807) is 0 Å². The summed E-state index contributed by atoms with van der Waals surface area (Å²) in [5.74, 6) is -0.158. The minimum Gasteiger partial charge on any atom is -0.267 e. The molecule has 88 valence electrons. The molecule has 5 nitrogen and oxygen atoms in total. The first-order valence-corrected chi connectivity index (χ1v) is 6.75. The van der Waals surface area contributed by atoms with E-state index in [0.717, 1.165) is 31.3 Å². The molecule has 6 heteroatoms. The molecule has 16 heavy (non-hydrogen) atoms. The lowest BCUT2D eigenvalue weighted by Crippen LogP contribution is -2.09. The first-order chi connectivity index (χ1) is 7.59. The third-order valence-corrected chi connectivity index (χ3v) is 3.31. The molecule has 0 spiro atoms. The molecule has 0 saturated heterocycles. The highest BCUT2D eigenvalue weighted by molar-refractivity contribution is 7.86. The van der Waals surface area contributed by atoms with Crippen LogP contribution in [0.15, 0.2) is 16.8 Å². The van der Waals surface area contributed by atoms with Crippen LogP contribution in [0.2, 0.25) is 0 Å². The Morgan fingerprint density at radius 2 is 2.38 bits per heavy atom. The number of oxime groups is 1. The largest absolute Gasteiger partial charge is 0.328 e. The third kappa shape index (κ3) is 3.66. The second-order valence-corrected chi connectivity index (χ2v) is 5.29. The van der Waals surface area contributed by atoms with Gasteiger partial charge in [0.25, 0.3) is 0 Å². The number of hydrogen-bond acceptors (Lipinski definition) is 5. The molecule has 0 fully saturated rings. The standard InChI is InChI=1S/C10H14N2O3S/c1-2-16(13,14)15-12-10(8-11)9-6-4-3-5-7-9/h6H,2-5,7H2,1H3/b12-10+. The molecule has 0 aromatic carbocycles. The smallest absolute Gasteiger partial charge is 0.267 e. The van der Waals surface area contributed by atoms with Crippen molar-refractivity contribution in [3.8, 4) is 6.07 Å². The van der Waals surface area contributed by atoms with E-state index in [9.17, 15) is 8.42 Å². The predicted octanol–water partition coefficient (Wildman–Crippen LogP) is 1.73. The maximum atomic E-state index is 11.0. The van der Waals surface area contributed by atoms with Crippen LogP contribution < -0.4 is 0 Å². The van der Waals surface area contributed by atoms with E-state index in [0.29, 0.717) is 0 Å². The molecule has 0 N–H and O–H groups in total. The fourth-order valence-electron chi connectivity index (χ4n) is 1.35. The van der Waals surface area contributed by atoms with Crippen LogP contribution in [0.5, 0.6) is 0 Å². The molecule has 0 heterocycles. The van der Waals surface area contributed by atoms with Gasteiger partial charge in [0.15, 0.2) is 5.71 Å². The SMILES string of the molecule is CCS(=O)(=O)O/N=C(\C#N)C1=CCCCC1. The Morgan fingerprint density at radius 3 is 2.88 bits per heavy atom. The number of rotatable bonds is 4. The molecule has 0 bridgehead atoms. The average Bonchev–Trinajstić information content (AvgIpc) is 2.31. The second kappa shape index (κ2) is 5.66. The van der Waals surface area contributed by atoms with Gasteiger partial charge in [-0.2, -0.15) is 13.7 Å². The maximum Gasteiger partial charge on any atom is 0.328 e. The normalized spacial score (nSPS) is 17.5. The molecule has 1 aliphatic rings. The summed E-state index contributed by atoms with van der Waals surface area (Å²) in [4.78, 5) is 0. The van der Waals surface area contributed by atoms with Gasteiger partial charge in [-0.05, 0) is 38.2 Å². The van der Waals surface area contributed by atoms with Crippen molar-refractivity contribution in [1.29, 1.82) is 5.26 Å².